The molecule has 2 aromatic rings. The molecular formula is C21H10Cl4O7. The molecule has 0 atom stereocenters. The fourth-order valence-electron chi connectivity index (χ4n) is 3.45. The average Bonchev–Trinajstić information content (AvgIpc) is 2.70. The maximum atomic E-state index is 12.1. The molecule has 0 bridgehead atoms. The van der Waals surface area contributed by atoms with Crippen LogP contribution in [0.25, 0.3) is 33.4 Å². The zero-order valence-electron chi connectivity index (χ0n) is 15.5. The van der Waals surface area contributed by atoms with E-state index >= 15 is 0 Å². The van der Waals surface area contributed by atoms with E-state index in [0.717, 1.165) is 12.1 Å². The number of rotatable bonds is 3. The minimum absolute atomic E-state index is 0.00194. The molecule has 1 aliphatic carbocycles. The van der Waals surface area contributed by atoms with Crippen molar-refractivity contribution >= 4 is 63.3 Å². The molecule has 0 saturated heterocycles. The van der Waals surface area contributed by atoms with Crippen LogP contribution in [0.2, 0.25) is 20.1 Å². The molecule has 4 rings (SSSR count). The molecule has 0 fully saturated rings. The third-order valence-electron chi connectivity index (χ3n) is 4.83. The Balaban J connectivity index is 2.34. The number of carboxylic acid groups (broad SMARTS) is 1. The summed E-state index contributed by atoms with van der Waals surface area (Å²) in [5.41, 5.74) is -1.14. The maximum absolute atomic E-state index is 12.1. The van der Waals surface area contributed by atoms with E-state index in [9.17, 15) is 30.0 Å². The fraction of sp³-hybridized carbons (Fsp3) is 0.0476. The molecule has 2 aliphatic rings. The Kier molecular flexibility index (Phi) is 5.75. The number of benzene rings is 3. The number of aromatic carboxylic acids is 1. The molecule has 0 spiro atoms. The van der Waals surface area contributed by atoms with Crippen LogP contribution < -0.4 is 5.43 Å². The van der Waals surface area contributed by atoms with Gasteiger partial charge >= 0.3 is 5.97 Å². The molecule has 32 heavy (non-hydrogen) atoms. The molecule has 11 heteroatoms. The number of hydrogen-bond donors (Lipinski definition) is 4. The third-order valence-corrected chi connectivity index (χ3v) is 6.13. The van der Waals surface area contributed by atoms with Crippen molar-refractivity contribution in [3.63, 3.8) is 0 Å². The number of aromatic hydroxyl groups is 1. The minimum atomic E-state index is -2.07. The molecule has 0 saturated carbocycles. The maximum Gasteiger partial charge on any atom is 0.337 e. The van der Waals surface area contributed by atoms with Crippen LogP contribution in [0, 0.1) is 0 Å². The summed E-state index contributed by atoms with van der Waals surface area (Å²) in [5, 5.41) is 38.7. The van der Waals surface area contributed by atoms with Gasteiger partial charge in [-0.15, -0.1) is 0 Å². The van der Waals surface area contributed by atoms with Crippen molar-refractivity contribution in [3.8, 4) is 28.2 Å². The van der Waals surface area contributed by atoms with Gasteiger partial charge in [0.1, 0.15) is 17.1 Å². The molecule has 7 nitrogen and oxygen atoms in total. The van der Waals surface area contributed by atoms with Gasteiger partial charge in [0.2, 0.25) is 5.43 Å². The zero-order valence-corrected chi connectivity index (χ0v) is 18.5. The molecule has 0 amide bonds. The standard InChI is InChI=1S/C21H10Cl4O7/c22-9-1-6-14(4-12(9)26)32-15-5-13(27)10(23)2-7(15)16(6)18-17(21(30)31)11(24)3-8(19(18)25)20(28)29/h1-5,20,26,28-29H,(H,30,31). The third kappa shape index (κ3) is 3.57. The van der Waals surface area contributed by atoms with E-state index in [1.165, 1.54) is 18.2 Å². The van der Waals surface area contributed by atoms with Crippen molar-refractivity contribution in [1.82, 2.24) is 0 Å². The van der Waals surface area contributed by atoms with Crippen LogP contribution in [-0.2, 0) is 0 Å². The lowest BCUT2D eigenvalue weighted by Crippen LogP contribution is -2.08. The Bertz CT molecular complexity index is 1460. The van der Waals surface area contributed by atoms with Crippen LogP contribution in [0.1, 0.15) is 22.2 Å². The summed E-state index contributed by atoms with van der Waals surface area (Å²) in [6.45, 7) is 0. The van der Waals surface area contributed by atoms with E-state index in [0.29, 0.717) is 0 Å². The number of phenols is 1. The molecule has 0 unspecified atom stereocenters. The summed E-state index contributed by atoms with van der Waals surface area (Å²) in [5.74, 6) is -1.78. The first-order valence-electron chi connectivity index (χ1n) is 8.71. The van der Waals surface area contributed by atoms with Gasteiger partial charge in [-0.05, 0) is 18.2 Å². The molecule has 1 aliphatic heterocycles. The number of fused-ring (bicyclic) bond motifs is 2. The smallest absolute Gasteiger partial charge is 0.337 e. The second-order valence-electron chi connectivity index (χ2n) is 6.75. The highest BCUT2D eigenvalue weighted by molar-refractivity contribution is 6.40. The number of halogens is 4. The molecule has 4 N–H and O–H groups in total. The van der Waals surface area contributed by atoms with Crippen molar-refractivity contribution in [2.45, 2.75) is 6.29 Å². The van der Waals surface area contributed by atoms with E-state index in [-0.39, 0.29) is 64.8 Å². The Labute approximate surface area is 198 Å². The van der Waals surface area contributed by atoms with Crippen LogP contribution >= 0.6 is 46.4 Å². The van der Waals surface area contributed by atoms with Crippen molar-refractivity contribution < 1.29 is 29.6 Å². The predicted octanol–water partition coefficient (Wildman–Crippen LogP) is 5.57. The van der Waals surface area contributed by atoms with Crippen molar-refractivity contribution in [3.05, 3.63) is 71.8 Å². The summed E-state index contributed by atoms with van der Waals surface area (Å²) < 4.78 is 5.73. The summed E-state index contributed by atoms with van der Waals surface area (Å²) in [4.78, 5) is 24.2. The molecule has 2 aromatic carbocycles. The van der Waals surface area contributed by atoms with Crippen LogP contribution in [0.4, 0.5) is 0 Å². The first-order valence-corrected chi connectivity index (χ1v) is 10.2. The van der Waals surface area contributed by atoms with Crippen molar-refractivity contribution in [1.29, 1.82) is 0 Å². The number of carbonyl (C=O) groups is 1. The van der Waals surface area contributed by atoms with Gasteiger partial charge < -0.3 is 24.8 Å². The average molecular weight is 516 g/mol. The summed E-state index contributed by atoms with van der Waals surface area (Å²) in [7, 11) is 0. The highest BCUT2D eigenvalue weighted by Crippen LogP contribution is 2.49. The lowest BCUT2D eigenvalue weighted by Gasteiger charge is -2.21. The predicted molar refractivity (Wildman–Crippen MR) is 120 cm³/mol. The Morgan fingerprint density at radius 3 is 2.22 bits per heavy atom. The van der Waals surface area contributed by atoms with Gasteiger partial charge in [0.15, 0.2) is 6.29 Å². The topological polar surface area (TPSA) is 128 Å². The monoisotopic (exact) mass is 514 g/mol. The highest BCUT2D eigenvalue weighted by Gasteiger charge is 2.29. The van der Waals surface area contributed by atoms with Gasteiger partial charge in [0.05, 0.1) is 25.7 Å². The van der Waals surface area contributed by atoms with Crippen molar-refractivity contribution in [2.24, 2.45) is 0 Å². The van der Waals surface area contributed by atoms with E-state index in [1.54, 1.807) is 0 Å². The van der Waals surface area contributed by atoms with Gasteiger partial charge in [-0.1, -0.05) is 46.4 Å². The first kappa shape index (κ1) is 22.7. The van der Waals surface area contributed by atoms with Crippen LogP contribution in [-0.4, -0.2) is 26.4 Å². The Hall–Kier alpha value is -2.52. The van der Waals surface area contributed by atoms with E-state index in [4.69, 9.17) is 50.8 Å². The minimum Gasteiger partial charge on any atom is -0.506 e. The molecule has 0 aromatic heterocycles. The fourth-order valence-corrected chi connectivity index (χ4v) is 4.41. The van der Waals surface area contributed by atoms with Crippen LogP contribution in [0.5, 0.6) is 5.75 Å². The molecule has 0 radical (unpaired) electrons. The second-order valence-corrected chi connectivity index (χ2v) is 8.35. The van der Waals surface area contributed by atoms with Gasteiger partial charge in [-0.2, -0.15) is 0 Å². The number of phenolic OH excluding ortho intramolecular Hbond substituents is 1. The number of carboxylic acids is 1. The quantitative estimate of drug-likeness (QED) is 0.207. The lowest BCUT2D eigenvalue weighted by atomic mass is 9.89. The van der Waals surface area contributed by atoms with Crippen LogP contribution in [0.3, 0.4) is 0 Å². The van der Waals surface area contributed by atoms with E-state index < -0.39 is 23.3 Å². The first-order chi connectivity index (χ1) is 15.0. The SMILES string of the molecule is O=C(O)c1c(Cl)cc(C(O)O)c(Cl)c1-c1c2cc(Cl)c(=O)cc-2oc2cc(O)c(Cl)cc12. The Morgan fingerprint density at radius 1 is 0.906 bits per heavy atom. The normalized spacial score (nSPS) is 11.6. The summed E-state index contributed by atoms with van der Waals surface area (Å²) in [6, 6.07) is 5.87. The second kappa shape index (κ2) is 8.12. The molecule has 164 valence electrons. The lowest BCUT2D eigenvalue weighted by molar-refractivity contribution is -0.0423. The van der Waals surface area contributed by atoms with Crippen LogP contribution in [0.15, 0.2) is 39.5 Å². The van der Waals surface area contributed by atoms with E-state index in [2.05, 4.69) is 0 Å². The summed E-state index contributed by atoms with van der Waals surface area (Å²) in [6.07, 6.45) is -2.07. The van der Waals surface area contributed by atoms with Gasteiger partial charge in [-0.3, -0.25) is 4.79 Å². The molecular weight excluding hydrogens is 506 g/mol. The molecule has 1 heterocycles. The number of hydrogen-bond acceptors (Lipinski definition) is 6. The highest BCUT2D eigenvalue weighted by atomic mass is 35.5. The summed E-state index contributed by atoms with van der Waals surface area (Å²) >= 11 is 24.8. The van der Waals surface area contributed by atoms with Gasteiger partial charge in [0.25, 0.3) is 0 Å². The zero-order chi connectivity index (χ0) is 23.5. The number of aliphatic hydroxyl groups is 2. The van der Waals surface area contributed by atoms with Gasteiger partial charge in [-0.25, -0.2) is 4.79 Å². The number of aliphatic hydroxyl groups excluding tert-OH is 1. The Morgan fingerprint density at radius 2 is 1.59 bits per heavy atom. The van der Waals surface area contributed by atoms with E-state index in [1.807, 2.05) is 0 Å². The van der Waals surface area contributed by atoms with Crippen molar-refractivity contribution in [2.75, 3.05) is 0 Å². The largest absolute Gasteiger partial charge is 0.506 e. The van der Waals surface area contributed by atoms with Gasteiger partial charge in [0, 0.05) is 39.8 Å².